The van der Waals surface area contributed by atoms with Crippen LogP contribution in [0, 0.1) is 0 Å². The van der Waals surface area contributed by atoms with Crippen LogP contribution in [0.2, 0.25) is 0 Å². The van der Waals surface area contributed by atoms with E-state index >= 15 is 0 Å². The van der Waals surface area contributed by atoms with Gasteiger partial charge in [0, 0.05) is 5.56 Å². The molecule has 0 bridgehead atoms. The SMILES string of the molecule is CCOC(=O)CN1C(=O)S/C(=C\c2cc(OC)ccc2O)C1=O. The van der Waals surface area contributed by atoms with Gasteiger partial charge in [-0.1, -0.05) is 0 Å². The third kappa shape index (κ3) is 3.84. The minimum absolute atomic E-state index is 0.0528. The van der Waals surface area contributed by atoms with E-state index in [9.17, 15) is 19.5 Å². The summed E-state index contributed by atoms with van der Waals surface area (Å²) < 4.78 is 9.79. The lowest BCUT2D eigenvalue weighted by molar-refractivity contribution is -0.145. The molecule has 0 aromatic heterocycles. The van der Waals surface area contributed by atoms with Crippen molar-refractivity contribution in [1.29, 1.82) is 0 Å². The van der Waals surface area contributed by atoms with Crippen LogP contribution in [-0.4, -0.2) is 47.4 Å². The van der Waals surface area contributed by atoms with E-state index in [1.165, 1.54) is 25.3 Å². The molecule has 1 aliphatic rings. The number of benzene rings is 1. The Kier molecular flexibility index (Phi) is 5.28. The molecule has 1 fully saturated rings. The molecule has 1 aromatic carbocycles. The Balaban J connectivity index is 2.23. The summed E-state index contributed by atoms with van der Waals surface area (Å²) in [6.45, 7) is 1.37. The maximum atomic E-state index is 12.2. The number of aromatic hydroxyl groups is 1. The Morgan fingerprint density at radius 3 is 2.78 bits per heavy atom. The van der Waals surface area contributed by atoms with Crippen LogP contribution >= 0.6 is 11.8 Å². The van der Waals surface area contributed by atoms with Crippen LogP contribution in [0.5, 0.6) is 11.5 Å². The van der Waals surface area contributed by atoms with E-state index in [-0.39, 0.29) is 17.3 Å². The molecule has 1 saturated heterocycles. The van der Waals surface area contributed by atoms with Crippen molar-refractivity contribution in [3.63, 3.8) is 0 Å². The average Bonchev–Trinajstić information content (AvgIpc) is 2.77. The summed E-state index contributed by atoms with van der Waals surface area (Å²) >= 11 is 0.698. The van der Waals surface area contributed by atoms with Crippen LogP contribution in [0.3, 0.4) is 0 Å². The number of imide groups is 1. The van der Waals surface area contributed by atoms with Gasteiger partial charge in [-0.25, -0.2) is 0 Å². The summed E-state index contributed by atoms with van der Waals surface area (Å²) in [6, 6.07) is 4.53. The summed E-state index contributed by atoms with van der Waals surface area (Å²) in [7, 11) is 1.48. The second kappa shape index (κ2) is 7.19. The number of carbonyl (C=O) groups excluding carboxylic acids is 3. The fourth-order valence-electron chi connectivity index (χ4n) is 1.89. The molecule has 2 amide bonds. The quantitative estimate of drug-likeness (QED) is 0.649. The van der Waals surface area contributed by atoms with Crippen molar-refractivity contribution >= 4 is 35.0 Å². The van der Waals surface area contributed by atoms with E-state index in [1.807, 2.05) is 0 Å². The standard InChI is InChI=1S/C15H15NO6S/c1-3-22-13(18)8-16-14(19)12(23-15(16)20)7-9-6-10(21-2)4-5-11(9)17/h4-7,17H,3,8H2,1-2H3/b12-7-. The van der Waals surface area contributed by atoms with Crippen LogP contribution < -0.4 is 4.74 Å². The van der Waals surface area contributed by atoms with E-state index in [0.29, 0.717) is 23.1 Å². The zero-order valence-electron chi connectivity index (χ0n) is 12.6. The molecular formula is C15H15NO6S. The molecule has 0 atom stereocenters. The van der Waals surface area contributed by atoms with Crippen LogP contribution in [-0.2, 0) is 14.3 Å². The number of rotatable bonds is 5. The molecule has 1 aromatic rings. The molecule has 1 heterocycles. The molecule has 2 rings (SSSR count). The van der Waals surface area contributed by atoms with Gasteiger partial charge in [-0.2, -0.15) is 0 Å². The second-order valence-corrected chi connectivity index (χ2v) is 5.49. The third-order valence-electron chi connectivity index (χ3n) is 2.99. The number of phenolic OH excluding ortho intramolecular Hbond substituents is 1. The van der Waals surface area contributed by atoms with Crippen molar-refractivity contribution < 1.29 is 29.0 Å². The Morgan fingerprint density at radius 2 is 2.13 bits per heavy atom. The second-order valence-electron chi connectivity index (χ2n) is 4.50. The van der Waals surface area contributed by atoms with Crippen LogP contribution in [0.15, 0.2) is 23.1 Å². The summed E-state index contributed by atoms with van der Waals surface area (Å²) in [5.74, 6) is -0.807. The summed E-state index contributed by atoms with van der Waals surface area (Å²) in [4.78, 5) is 36.5. The first-order chi connectivity index (χ1) is 11.0. The van der Waals surface area contributed by atoms with Crippen molar-refractivity contribution in [2.24, 2.45) is 0 Å². The first-order valence-electron chi connectivity index (χ1n) is 6.74. The lowest BCUT2D eigenvalue weighted by Crippen LogP contribution is -2.34. The van der Waals surface area contributed by atoms with Crippen LogP contribution in [0.1, 0.15) is 12.5 Å². The zero-order valence-corrected chi connectivity index (χ0v) is 13.4. The van der Waals surface area contributed by atoms with Crippen LogP contribution in [0.25, 0.3) is 6.08 Å². The molecule has 8 heteroatoms. The highest BCUT2D eigenvalue weighted by Gasteiger charge is 2.36. The van der Waals surface area contributed by atoms with E-state index < -0.39 is 23.7 Å². The van der Waals surface area contributed by atoms with Gasteiger partial charge in [-0.3, -0.25) is 19.3 Å². The van der Waals surface area contributed by atoms with Crippen molar-refractivity contribution in [2.45, 2.75) is 6.92 Å². The van der Waals surface area contributed by atoms with Crippen molar-refractivity contribution in [3.8, 4) is 11.5 Å². The number of methoxy groups -OCH3 is 1. The summed E-state index contributed by atoms with van der Waals surface area (Å²) in [5.41, 5.74) is 0.339. The monoisotopic (exact) mass is 337 g/mol. The first-order valence-corrected chi connectivity index (χ1v) is 7.56. The Labute approximate surface area is 136 Å². The van der Waals surface area contributed by atoms with Gasteiger partial charge in [0.05, 0.1) is 18.6 Å². The lowest BCUT2D eigenvalue weighted by Gasteiger charge is -2.10. The number of thioether (sulfide) groups is 1. The van der Waals surface area contributed by atoms with Crippen LogP contribution in [0.4, 0.5) is 4.79 Å². The fraction of sp³-hybridized carbons (Fsp3) is 0.267. The molecule has 1 N–H and O–H groups in total. The molecule has 0 saturated carbocycles. The normalized spacial score (nSPS) is 16.1. The number of ether oxygens (including phenoxy) is 2. The Morgan fingerprint density at radius 1 is 1.39 bits per heavy atom. The van der Waals surface area contributed by atoms with Crippen molar-refractivity contribution in [1.82, 2.24) is 4.90 Å². The number of amides is 2. The Bertz CT molecular complexity index is 685. The van der Waals surface area contributed by atoms with Gasteiger partial charge in [0.15, 0.2) is 0 Å². The molecule has 0 spiro atoms. The highest BCUT2D eigenvalue weighted by atomic mass is 32.2. The number of hydrogen-bond donors (Lipinski definition) is 1. The number of esters is 1. The molecule has 0 unspecified atom stereocenters. The van der Waals surface area contributed by atoms with Gasteiger partial charge in [-0.05, 0) is 43.0 Å². The molecule has 7 nitrogen and oxygen atoms in total. The fourth-order valence-corrected chi connectivity index (χ4v) is 2.72. The van der Waals surface area contributed by atoms with Gasteiger partial charge in [0.1, 0.15) is 18.0 Å². The number of nitrogens with zero attached hydrogens (tertiary/aromatic N) is 1. The first kappa shape index (κ1) is 16.9. The number of phenols is 1. The van der Waals surface area contributed by atoms with E-state index in [1.54, 1.807) is 13.0 Å². The smallest absolute Gasteiger partial charge is 0.326 e. The minimum atomic E-state index is -0.653. The number of hydrogen-bond acceptors (Lipinski definition) is 7. The predicted octanol–water partition coefficient (Wildman–Crippen LogP) is 2.00. The van der Waals surface area contributed by atoms with Crippen molar-refractivity contribution in [3.05, 3.63) is 28.7 Å². The molecule has 0 aliphatic carbocycles. The van der Waals surface area contributed by atoms with E-state index in [4.69, 9.17) is 9.47 Å². The van der Waals surface area contributed by atoms with Gasteiger partial charge < -0.3 is 14.6 Å². The van der Waals surface area contributed by atoms with Gasteiger partial charge in [-0.15, -0.1) is 0 Å². The molecule has 122 valence electrons. The van der Waals surface area contributed by atoms with Gasteiger partial charge >= 0.3 is 5.97 Å². The summed E-state index contributed by atoms with van der Waals surface area (Å²) in [5, 5.41) is 9.27. The van der Waals surface area contributed by atoms with Gasteiger partial charge in [0.25, 0.3) is 11.1 Å². The molecule has 1 aliphatic heterocycles. The zero-order chi connectivity index (χ0) is 17.0. The van der Waals surface area contributed by atoms with Gasteiger partial charge in [0.2, 0.25) is 0 Å². The predicted molar refractivity (Wildman–Crippen MR) is 84.0 cm³/mol. The largest absolute Gasteiger partial charge is 0.507 e. The highest BCUT2D eigenvalue weighted by molar-refractivity contribution is 8.18. The maximum Gasteiger partial charge on any atom is 0.326 e. The number of carbonyl (C=O) groups is 3. The van der Waals surface area contributed by atoms with E-state index in [0.717, 1.165) is 4.90 Å². The van der Waals surface area contributed by atoms with Crippen molar-refractivity contribution in [2.75, 3.05) is 20.3 Å². The summed E-state index contributed by atoms with van der Waals surface area (Å²) in [6.07, 6.45) is 1.38. The topological polar surface area (TPSA) is 93.1 Å². The minimum Gasteiger partial charge on any atom is -0.507 e. The molecule has 0 radical (unpaired) electrons. The molecular weight excluding hydrogens is 322 g/mol. The third-order valence-corrected chi connectivity index (χ3v) is 3.89. The highest BCUT2D eigenvalue weighted by Crippen LogP contribution is 2.34. The Hall–Kier alpha value is -2.48. The lowest BCUT2D eigenvalue weighted by atomic mass is 10.1. The average molecular weight is 337 g/mol. The maximum absolute atomic E-state index is 12.2. The molecule has 23 heavy (non-hydrogen) atoms. The van der Waals surface area contributed by atoms with E-state index in [2.05, 4.69) is 0 Å².